The van der Waals surface area contributed by atoms with E-state index in [0.717, 1.165) is 18.7 Å². The normalized spacial score (nSPS) is 10.4. The third-order valence-corrected chi connectivity index (χ3v) is 3.10. The van der Waals surface area contributed by atoms with Crippen LogP contribution in [0, 0.1) is 10.1 Å². The van der Waals surface area contributed by atoms with Crippen molar-refractivity contribution in [3.63, 3.8) is 0 Å². The largest absolute Gasteiger partial charge is 0.494 e. The quantitative estimate of drug-likeness (QED) is 0.626. The lowest BCUT2D eigenvalue weighted by molar-refractivity contribution is -0.384. The van der Waals surface area contributed by atoms with Crippen LogP contribution in [-0.2, 0) is 13.1 Å². The van der Waals surface area contributed by atoms with Gasteiger partial charge >= 0.3 is 0 Å². The number of hydrogen-bond donors (Lipinski definition) is 1. The van der Waals surface area contributed by atoms with Crippen LogP contribution in [0.15, 0.2) is 30.5 Å². The Morgan fingerprint density at radius 3 is 2.90 bits per heavy atom. The van der Waals surface area contributed by atoms with E-state index in [4.69, 9.17) is 4.74 Å². The summed E-state index contributed by atoms with van der Waals surface area (Å²) in [6.07, 6.45) is 2.77. The lowest BCUT2D eigenvalue weighted by Gasteiger charge is -2.12. The van der Waals surface area contributed by atoms with E-state index in [9.17, 15) is 10.1 Å². The zero-order chi connectivity index (χ0) is 15.2. The van der Waals surface area contributed by atoms with E-state index in [1.54, 1.807) is 12.3 Å². The maximum Gasteiger partial charge on any atom is 0.273 e. The first kappa shape index (κ1) is 14.8. The average molecular weight is 290 g/mol. The second-order valence-corrected chi connectivity index (χ2v) is 4.54. The molecule has 0 aliphatic carbocycles. The molecule has 1 aromatic heterocycles. The summed E-state index contributed by atoms with van der Waals surface area (Å²) in [5, 5.41) is 18.2. The SMILES string of the molecule is CCCn1nccc1CNc1ccc([N+](=O)[O-])cc1OC. The van der Waals surface area contributed by atoms with Crippen molar-refractivity contribution in [3.05, 3.63) is 46.3 Å². The monoisotopic (exact) mass is 290 g/mol. The highest BCUT2D eigenvalue weighted by Crippen LogP contribution is 2.29. The number of non-ortho nitro benzene ring substituents is 1. The van der Waals surface area contributed by atoms with Crippen LogP contribution in [0.3, 0.4) is 0 Å². The fourth-order valence-corrected chi connectivity index (χ4v) is 2.05. The molecule has 0 atom stereocenters. The lowest BCUT2D eigenvalue weighted by Crippen LogP contribution is -2.09. The van der Waals surface area contributed by atoms with Gasteiger partial charge < -0.3 is 10.1 Å². The molecule has 0 spiro atoms. The molecule has 2 aromatic rings. The van der Waals surface area contributed by atoms with Gasteiger partial charge in [-0.25, -0.2) is 0 Å². The topological polar surface area (TPSA) is 82.2 Å². The van der Waals surface area contributed by atoms with Gasteiger partial charge in [-0.2, -0.15) is 5.10 Å². The molecule has 1 heterocycles. The van der Waals surface area contributed by atoms with Gasteiger partial charge in [-0.05, 0) is 18.6 Å². The van der Waals surface area contributed by atoms with Gasteiger partial charge in [-0.3, -0.25) is 14.8 Å². The van der Waals surface area contributed by atoms with Crippen LogP contribution >= 0.6 is 0 Å². The first-order chi connectivity index (χ1) is 10.2. The number of hydrogen-bond acceptors (Lipinski definition) is 5. The second-order valence-electron chi connectivity index (χ2n) is 4.54. The predicted molar refractivity (Wildman–Crippen MR) is 79.5 cm³/mol. The van der Waals surface area contributed by atoms with Gasteiger partial charge in [0.05, 0.1) is 36.0 Å². The minimum atomic E-state index is -0.442. The van der Waals surface area contributed by atoms with Crippen LogP contribution in [0.1, 0.15) is 19.0 Å². The van der Waals surface area contributed by atoms with Crippen molar-refractivity contribution < 1.29 is 9.66 Å². The molecule has 7 heteroatoms. The number of anilines is 1. The molecule has 21 heavy (non-hydrogen) atoms. The van der Waals surface area contributed by atoms with Crippen molar-refractivity contribution in [1.82, 2.24) is 9.78 Å². The van der Waals surface area contributed by atoms with Crippen LogP contribution in [-0.4, -0.2) is 21.8 Å². The number of nitro benzene ring substituents is 1. The highest BCUT2D eigenvalue weighted by molar-refractivity contribution is 5.60. The van der Waals surface area contributed by atoms with E-state index >= 15 is 0 Å². The van der Waals surface area contributed by atoms with Crippen LogP contribution in [0.4, 0.5) is 11.4 Å². The number of ether oxygens (including phenoxy) is 1. The molecule has 0 saturated carbocycles. The summed E-state index contributed by atoms with van der Waals surface area (Å²) in [6, 6.07) is 6.46. The molecule has 0 radical (unpaired) electrons. The minimum absolute atomic E-state index is 0.00780. The van der Waals surface area contributed by atoms with Crippen molar-refractivity contribution in [2.45, 2.75) is 26.4 Å². The number of nitrogens with zero attached hydrogens (tertiary/aromatic N) is 3. The van der Waals surface area contributed by atoms with E-state index in [2.05, 4.69) is 17.3 Å². The summed E-state index contributed by atoms with van der Waals surface area (Å²) in [5.41, 5.74) is 1.78. The number of nitro groups is 1. The molecule has 0 amide bonds. The maximum atomic E-state index is 10.8. The van der Waals surface area contributed by atoms with Crippen molar-refractivity contribution in [3.8, 4) is 5.75 Å². The van der Waals surface area contributed by atoms with Crippen molar-refractivity contribution in [1.29, 1.82) is 0 Å². The first-order valence-electron chi connectivity index (χ1n) is 6.72. The van der Waals surface area contributed by atoms with Gasteiger partial charge in [-0.15, -0.1) is 0 Å². The molecule has 7 nitrogen and oxygen atoms in total. The Hall–Kier alpha value is -2.57. The van der Waals surface area contributed by atoms with Crippen molar-refractivity contribution in [2.75, 3.05) is 12.4 Å². The van der Waals surface area contributed by atoms with Gasteiger partial charge in [0.1, 0.15) is 5.75 Å². The molecule has 0 aliphatic rings. The average Bonchev–Trinajstić information content (AvgIpc) is 2.92. The highest BCUT2D eigenvalue weighted by atomic mass is 16.6. The van der Waals surface area contributed by atoms with E-state index in [1.165, 1.54) is 19.2 Å². The fourth-order valence-electron chi connectivity index (χ4n) is 2.05. The van der Waals surface area contributed by atoms with Crippen LogP contribution < -0.4 is 10.1 Å². The van der Waals surface area contributed by atoms with E-state index in [0.29, 0.717) is 18.0 Å². The molecule has 0 bridgehead atoms. The maximum absolute atomic E-state index is 10.8. The Labute approximate surface area is 122 Å². The number of rotatable bonds is 7. The van der Waals surface area contributed by atoms with Crippen LogP contribution in [0.2, 0.25) is 0 Å². The molecular weight excluding hydrogens is 272 g/mol. The number of benzene rings is 1. The number of nitrogens with one attached hydrogen (secondary N) is 1. The molecule has 112 valence electrons. The van der Waals surface area contributed by atoms with E-state index in [1.807, 2.05) is 10.7 Å². The van der Waals surface area contributed by atoms with E-state index < -0.39 is 4.92 Å². The highest BCUT2D eigenvalue weighted by Gasteiger charge is 2.11. The fraction of sp³-hybridized carbons (Fsp3) is 0.357. The third-order valence-electron chi connectivity index (χ3n) is 3.10. The van der Waals surface area contributed by atoms with E-state index in [-0.39, 0.29) is 5.69 Å². The third kappa shape index (κ3) is 3.50. The summed E-state index contributed by atoms with van der Waals surface area (Å²) >= 11 is 0. The molecule has 2 rings (SSSR count). The zero-order valence-corrected chi connectivity index (χ0v) is 12.1. The smallest absolute Gasteiger partial charge is 0.273 e. The Morgan fingerprint density at radius 2 is 2.24 bits per heavy atom. The van der Waals surface area contributed by atoms with Gasteiger partial charge in [0.15, 0.2) is 0 Å². The molecule has 0 unspecified atom stereocenters. The minimum Gasteiger partial charge on any atom is -0.494 e. The van der Waals surface area contributed by atoms with Gasteiger partial charge in [0.25, 0.3) is 5.69 Å². The van der Waals surface area contributed by atoms with Crippen molar-refractivity contribution >= 4 is 11.4 Å². The molecular formula is C14H18N4O3. The lowest BCUT2D eigenvalue weighted by atomic mass is 10.2. The molecule has 0 fully saturated rings. The first-order valence-corrected chi connectivity index (χ1v) is 6.72. The molecule has 1 N–H and O–H groups in total. The Bertz CT molecular complexity index is 624. The summed E-state index contributed by atoms with van der Waals surface area (Å²) in [6.45, 7) is 3.54. The molecule has 1 aromatic carbocycles. The molecule has 0 saturated heterocycles. The summed E-state index contributed by atoms with van der Waals surface area (Å²) in [5.74, 6) is 0.450. The summed E-state index contributed by atoms with van der Waals surface area (Å²) < 4.78 is 7.13. The van der Waals surface area contributed by atoms with Crippen LogP contribution in [0.5, 0.6) is 5.75 Å². The molecule has 0 aliphatic heterocycles. The standard InChI is InChI=1S/C14H18N4O3/c1-3-8-17-12(6-7-16-17)10-15-13-5-4-11(18(19)20)9-14(13)21-2/h4-7,9,15H,3,8,10H2,1-2H3. The predicted octanol–water partition coefficient (Wildman–Crippen LogP) is 2.82. The Morgan fingerprint density at radius 1 is 1.43 bits per heavy atom. The van der Waals surface area contributed by atoms with Gasteiger partial charge in [0.2, 0.25) is 0 Å². The zero-order valence-electron chi connectivity index (χ0n) is 12.1. The number of methoxy groups -OCH3 is 1. The number of aromatic nitrogens is 2. The Balaban J connectivity index is 2.12. The summed E-state index contributed by atoms with van der Waals surface area (Å²) in [4.78, 5) is 10.3. The van der Waals surface area contributed by atoms with Gasteiger partial charge in [0, 0.05) is 18.8 Å². The van der Waals surface area contributed by atoms with Crippen molar-refractivity contribution in [2.24, 2.45) is 0 Å². The number of aryl methyl sites for hydroxylation is 1. The van der Waals surface area contributed by atoms with Crippen LogP contribution in [0.25, 0.3) is 0 Å². The van der Waals surface area contributed by atoms with Gasteiger partial charge in [-0.1, -0.05) is 6.92 Å². The Kier molecular flexibility index (Phi) is 4.76. The summed E-state index contributed by atoms with van der Waals surface area (Å²) in [7, 11) is 1.49. The second kappa shape index (κ2) is 6.74.